The Kier molecular flexibility index (Phi) is 6.53. The fourth-order valence-corrected chi connectivity index (χ4v) is 3.79. The molecule has 33 heavy (non-hydrogen) atoms. The topological polar surface area (TPSA) is 101 Å². The van der Waals surface area contributed by atoms with Gasteiger partial charge in [0.05, 0.1) is 36.4 Å². The average Bonchev–Trinajstić information content (AvgIpc) is 3.35. The van der Waals surface area contributed by atoms with Crippen LogP contribution in [-0.4, -0.2) is 63.6 Å². The summed E-state index contributed by atoms with van der Waals surface area (Å²) in [5, 5.41) is 15.8. The van der Waals surface area contributed by atoms with Gasteiger partial charge in [-0.25, -0.2) is 9.50 Å². The smallest absolute Gasteiger partial charge is 0.261 e. The van der Waals surface area contributed by atoms with Crippen molar-refractivity contribution in [3.63, 3.8) is 0 Å². The Labute approximate surface area is 193 Å². The van der Waals surface area contributed by atoms with E-state index in [1.54, 1.807) is 49.9 Å². The highest BCUT2D eigenvalue weighted by Gasteiger charge is 2.25. The van der Waals surface area contributed by atoms with E-state index in [9.17, 15) is 4.79 Å². The van der Waals surface area contributed by atoms with Crippen molar-refractivity contribution in [2.75, 3.05) is 36.5 Å². The molecule has 1 atom stereocenters. The van der Waals surface area contributed by atoms with Gasteiger partial charge in [0.1, 0.15) is 17.4 Å². The maximum absolute atomic E-state index is 13.0. The van der Waals surface area contributed by atoms with Crippen LogP contribution in [0.1, 0.15) is 43.6 Å². The number of ether oxygens (including phenoxy) is 2. The molecule has 0 radical (unpaired) electrons. The van der Waals surface area contributed by atoms with Gasteiger partial charge in [-0.05, 0) is 39.8 Å². The number of fused-ring (bicyclic) bond motifs is 2. The number of morpholine rings is 1. The third-order valence-electron chi connectivity index (χ3n) is 5.14. The van der Waals surface area contributed by atoms with E-state index >= 15 is 0 Å². The average molecular weight is 454 g/mol. The first-order chi connectivity index (χ1) is 15.7. The molecule has 2 aliphatic rings. The third kappa shape index (κ3) is 5.61. The SMILES string of the molecule is CC(C)(C)O.CC1Cc2cc(NC(=O)c3cnn4cccnc34)c(N3CCOCC3)cc2O1. The van der Waals surface area contributed by atoms with E-state index in [2.05, 4.69) is 27.2 Å². The van der Waals surface area contributed by atoms with E-state index in [0.29, 0.717) is 24.4 Å². The molecular weight excluding hydrogens is 422 g/mol. The Morgan fingerprint density at radius 3 is 2.70 bits per heavy atom. The second-order valence-corrected chi connectivity index (χ2v) is 9.28. The van der Waals surface area contributed by atoms with Gasteiger partial charge in [0.25, 0.3) is 5.91 Å². The first-order valence-electron chi connectivity index (χ1n) is 11.2. The monoisotopic (exact) mass is 453 g/mol. The number of aliphatic hydroxyl groups is 1. The van der Waals surface area contributed by atoms with Gasteiger partial charge in [0, 0.05) is 43.5 Å². The summed E-state index contributed by atoms with van der Waals surface area (Å²) < 4.78 is 13.0. The van der Waals surface area contributed by atoms with E-state index in [1.165, 1.54) is 0 Å². The van der Waals surface area contributed by atoms with Crippen molar-refractivity contribution >= 4 is 22.9 Å². The number of hydrogen-bond donors (Lipinski definition) is 2. The minimum atomic E-state index is -0.500. The van der Waals surface area contributed by atoms with E-state index in [0.717, 1.165) is 42.2 Å². The molecule has 0 aliphatic carbocycles. The summed E-state index contributed by atoms with van der Waals surface area (Å²) in [6, 6.07) is 5.84. The van der Waals surface area contributed by atoms with Crippen LogP contribution >= 0.6 is 0 Å². The summed E-state index contributed by atoms with van der Waals surface area (Å²) in [5.74, 6) is 0.666. The lowest BCUT2D eigenvalue weighted by atomic mass is 10.1. The van der Waals surface area contributed by atoms with Crippen LogP contribution in [0, 0.1) is 0 Å². The summed E-state index contributed by atoms with van der Waals surface area (Å²) in [6.45, 7) is 10.2. The van der Waals surface area contributed by atoms with Gasteiger partial charge >= 0.3 is 0 Å². The molecule has 0 saturated carbocycles. The number of rotatable bonds is 3. The highest BCUT2D eigenvalue weighted by molar-refractivity contribution is 6.09. The highest BCUT2D eigenvalue weighted by Crippen LogP contribution is 2.39. The Bertz CT molecular complexity index is 1130. The molecule has 4 heterocycles. The molecule has 2 aromatic heterocycles. The molecule has 5 rings (SSSR count). The van der Waals surface area contributed by atoms with Crippen molar-refractivity contribution in [2.24, 2.45) is 0 Å². The quantitative estimate of drug-likeness (QED) is 0.629. The Balaban J connectivity index is 0.000000471. The van der Waals surface area contributed by atoms with Crippen molar-refractivity contribution in [1.82, 2.24) is 14.6 Å². The molecule has 9 nitrogen and oxygen atoms in total. The molecule has 1 aromatic carbocycles. The molecule has 176 valence electrons. The van der Waals surface area contributed by atoms with Crippen LogP contribution in [0.2, 0.25) is 0 Å². The molecule has 3 aromatic rings. The number of hydrogen-bond acceptors (Lipinski definition) is 7. The van der Waals surface area contributed by atoms with E-state index in [4.69, 9.17) is 14.6 Å². The Hall–Kier alpha value is -3.17. The fraction of sp³-hybridized carbons (Fsp3) is 0.458. The van der Waals surface area contributed by atoms with Gasteiger partial charge in [0.15, 0.2) is 5.65 Å². The number of anilines is 2. The minimum Gasteiger partial charge on any atom is -0.490 e. The summed E-state index contributed by atoms with van der Waals surface area (Å²) in [5.41, 5.74) is 3.31. The van der Waals surface area contributed by atoms with E-state index in [1.807, 2.05) is 12.1 Å². The molecule has 1 amide bonds. The van der Waals surface area contributed by atoms with Gasteiger partial charge in [-0.15, -0.1) is 0 Å². The predicted molar refractivity (Wildman–Crippen MR) is 126 cm³/mol. The number of amides is 1. The third-order valence-corrected chi connectivity index (χ3v) is 5.14. The van der Waals surface area contributed by atoms with Crippen LogP contribution in [0.5, 0.6) is 5.75 Å². The zero-order chi connectivity index (χ0) is 23.6. The standard InChI is InChI=1S/C20H21N5O3.C4H10O/c1-13-9-14-10-16(17(11-18(14)28-13)24-5-7-27-8-6-24)23-20(26)15-12-22-25-4-2-3-21-19(15)25;1-4(2,3)5/h2-4,10-13H,5-9H2,1H3,(H,23,26);5H,1-3H3. The molecule has 0 spiro atoms. The van der Waals surface area contributed by atoms with Crippen LogP contribution < -0.4 is 15.0 Å². The van der Waals surface area contributed by atoms with Crippen LogP contribution in [0.4, 0.5) is 11.4 Å². The molecule has 1 saturated heterocycles. The molecule has 2 N–H and O–H groups in total. The summed E-state index contributed by atoms with van der Waals surface area (Å²) in [6.07, 6.45) is 5.94. The van der Waals surface area contributed by atoms with Gasteiger partial charge in [-0.3, -0.25) is 4.79 Å². The number of nitrogens with one attached hydrogen (secondary N) is 1. The van der Waals surface area contributed by atoms with Crippen molar-refractivity contribution in [3.8, 4) is 5.75 Å². The number of benzene rings is 1. The van der Waals surface area contributed by atoms with Crippen LogP contribution in [0.3, 0.4) is 0 Å². The molecule has 0 bridgehead atoms. The fourth-order valence-electron chi connectivity index (χ4n) is 3.79. The second-order valence-electron chi connectivity index (χ2n) is 9.28. The Morgan fingerprint density at radius 1 is 1.24 bits per heavy atom. The number of nitrogens with zero attached hydrogens (tertiary/aromatic N) is 4. The maximum atomic E-state index is 13.0. The predicted octanol–water partition coefficient (Wildman–Crippen LogP) is 2.92. The van der Waals surface area contributed by atoms with Crippen molar-refractivity contribution < 1.29 is 19.4 Å². The lowest BCUT2D eigenvalue weighted by molar-refractivity contribution is 0.101. The molecular formula is C24H31N5O4. The summed E-state index contributed by atoms with van der Waals surface area (Å²) in [7, 11) is 0. The van der Waals surface area contributed by atoms with Crippen molar-refractivity contribution in [1.29, 1.82) is 0 Å². The van der Waals surface area contributed by atoms with Crippen LogP contribution in [0.15, 0.2) is 36.8 Å². The zero-order valence-corrected chi connectivity index (χ0v) is 19.5. The van der Waals surface area contributed by atoms with E-state index < -0.39 is 5.60 Å². The number of carbonyl (C=O) groups excluding carboxylic acids is 1. The van der Waals surface area contributed by atoms with Gasteiger partial charge < -0.3 is 24.8 Å². The number of carbonyl (C=O) groups is 1. The number of aromatic nitrogens is 3. The van der Waals surface area contributed by atoms with Crippen molar-refractivity contribution in [3.05, 3.63) is 47.9 Å². The van der Waals surface area contributed by atoms with Crippen LogP contribution in [0.25, 0.3) is 5.65 Å². The van der Waals surface area contributed by atoms with E-state index in [-0.39, 0.29) is 12.0 Å². The molecule has 9 heteroatoms. The summed E-state index contributed by atoms with van der Waals surface area (Å²) in [4.78, 5) is 19.5. The lowest BCUT2D eigenvalue weighted by Gasteiger charge is -2.31. The molecule has 1 unspecified atom stereocenters. The normalized spacial score (nSPS) is 17.7. The first-order valence-corrected chi connectivity index (χ1v) is 11.2. The maximum Gasteiger partial charge on any atom is 0.261 e. The molecule has 2 aliphatic heterocycles. The molecule has 1 fully saturated rings. The first kappa shape index (κ1) is 23.0. The zero-order valence-electron chi connectivity index (χ0n) is 19.5. The van der Waals surface area contributed by atoms with Gasteiger partial charge in [-0.2, -0.15) is 5.10 Å². The Morgan fingerprint density at radius 2 is 1.97 bits per heavy atom. The lowest BCUT2D eigenvalue weighted by Crippen LogP contribution is -2.36. The largest absolute Gasteiger partial charge is 0.490 e. The summed E-state index contributed by atoms with van der Waals surface area (Å²) >= 11 is 0. The van der Waals surface area contributed by atoms with Crippen LogP contribution in [-0.2, 0) is 11.2 Å². The van der Waals surface area contributed by atoms with Gasteiger partial charge in [-0.1, -0.05) is 0 Å². The van der Waals surface area contributed by atoms with Gasteiger partial charge in [0.2, 0.25) is 0 Å². The van der Waals surface area contributed by atoms with Crippen molar-refractivity contribution in [2.45, 2.75) is 45.8 Å². The minimum absolute atomic E-state index is 0.141. The highest BCUT2D eigenvalue weighted by atomic mass is 16.5. The second kappa shape index (κ2) is 9.36.